The summed E-state index contributed by atoms with van der Waals surface area (Å²) >= 11 is 2.11. The molecule has 110 valence electrons. The highest BCUT2D eigenvalue weighted by molar-refractivity contribution is 14.1. The third-order valence-electron chi connectivity index (χ3n) is 2.56. The van der Waals surface area contributed by atoms with Gasteiger partial charge in [-0.25, -0.2) is 8.42 Å². The Labute approximate surface area is 137 Å². The summed E-state index contributed by atoms with van der Waals surface area (Å²) in [6.45, 7) is 1.39. The topological polar surface area (TPSA) is 75.3 Å². The van der Waals surface area contributed by atoms with E-state index < -0.39 is 10.0 Å². The van der Waals surface area contributed by atoms with Gasteiger partial charge in [0.05, 0.1) is 10.6 Å². The number of amides is 1. The molecular weight excluding hydrogens is 403 g/mol. The van der Waals surface area contributed by atoms with Crippen LogP contribution in [0.15, 0.2) is 53.4 Å². The molecule has 0 aliphatic carbocycles. The number of carbonyl (C=O) groups excluding carboxylic acids is 1. The van der Waals surface area contributed by atoms with Crippen LogP contribution in [0.2, 0.25) is 0 Å². The fourth-order valence-electron chi connectivity index (χ4n) is 1.69. The first kappa shape index (κ1) is 15.8. The smallest absolute Gasteiger partial charge is 0.261 e. The lowest BCUT2D eigenvalue weighted by molar-refractivity contribution is -0.114. The summed E-state index contributed by atoms with van der Waals surface area (Å²) in [4.78, 5) is 11.2. The van der Waals surface area contributed by atoms with Crippen LogP contribution in [0.25, 0.3) is 0 Å². The number of hydrogen-bond donors (Lipinski definition) is 2. The lowest BCUT2D eigenvalue weighted by Gasteiger charge is -2.10. The number of benzene rings is 2. The van der Waals surface area contributed by atoms with Crippen molar-refractivity contribution < 1.29 is 13.2 Å². The standard InChI is InChI=1S/C14H13IN2O3S/c1-10(18)16-12-3-2-4-13(9-12)17-21(19,20)14-7-5-11(15)6-8-14/h2-9,17H,1H3,(H,16,18). The summed E-state index contributed by atoms with van der Waals surface area (Å²) in [5.74, 6) is -0.215. The van der Waals surface area contributed by atoms with E-state index in [0.717, 1.165) is 3.57 Å². The summed E-state index contributed by atoms with van der Waals surface area (Å²) in [7, 11) is -3.64. The molecule has 0 fully saturated rings. The molecule has 0 atom stereocenters. The SMILES string of the molecule is CC(=O)Nc1cccc(NS(=O)(=O)c2ccc(I)cc2)c1. The van der Waals surface area contributed by atoms with Crippen LogP contribution in [0, 0.1) is 3.57 Å². The molecule has 2 aromatic rings. The molecule has 5 nitrogen and oxygen atoms in total. The predicted molar refractivity (Wildman–Crippen MR) is 90.7 cm³/mol. The highest BCUT2D eigenvalue weighted by Gasteiger charge is 2.14. The summed E-state index contributed by atoms with van der Waals surface area (Å²) in [5.41, 5.74) is 0.921. The molecule has 1 amide bonds. The number of halogens is 1. The zero-order valence-corrected chi connectivity index (χ0v) is 14.1. The maximum Gasteiger partial charge on any atom is 0.261 e. The van der Waals surface area contributed by atoms with Gasteiger partial charge < -0.3 is 5.32 Å². The van der Waals surface area contributed by atoms with E-state index in [2.05, 4.69) is 32.6 Å². The minimum absolute atomic E-state index is 0.188. The summed E-state index contributed by atoms with van der Waals surface area (Å²) < 4.78 is 27.9. The molecule has 0 heterocycles. The van der Waals surface area contributed by atoms with Crippen molar-refractivity contribution >= 4 is 49.9 Å². The first-order valence-electron chi connectivity index (χ1n) is 6.03. The Hall–Kier alpha value is -1.61. The van der Waals surface area contributed by atoms with Gasteiger partial charge >= 0.3 is 0 Å². The first-order valence-corrected chi connectivity index (χ1v) is 8.59. The van der Waals surface area contributed by atoms with E-state index in [0.29, 0.717) is 11.4 Å². The average molecular weight is 416 g/mol. The first-order chi connectivity index (χ1) is 9.87. The maximum absolute atomic E-state index is 12.2. The van der Waals surface area contributed by atoms with E-state index in [9.17, 15) is 13.2 Å². The molecule has 0 unspecified atom stereocenters. The fraction of sp³-hybridized carbons (Fsp3) is 0.0714. The van der Waals surface area contributed by atoms with Crippen LogP contribution in [0.4, 0.5) is 11.4 Å². The second-order valence-corrected chi connectivity index (χ2v) is 7.25. The number of nitrogens with one attached hydrogen (secondary N) is 2. The lowest BCUT2D eigenvalue weighted by atomic mass is 10.3. The Kier molecular flexibility index (Phi) is 4.84. The van der Waals surface area contributed by atoms with Gasteiger partial charge in [0.2, 0.25) is 5.91 Å². The Morgan fingerprint density at radius 2 is 1.67 bits per heavy atom. The summed E-state index contributed by atoms with van der Waals surface area (Å²) in [5, 5.41) is 2.60. The third-order valence-corrected chi connectivity index (χ3v) is 4.68. The van der Waals surface area contributed by atoms with Gasteiger partial charge in [-0.1, -0.05) is 6.07 Å². The Morgan fingerprint density at radius 3 is 2.29 bits per heavy atom. The van der Waals surface area contributed by atoms with Crippen molar-refractivity contribution in [1.82, 2.24) is 0 Å². The van der Waals surface area contributed by atoms with Gasteiger partial charge in [0.15, 0.2) is 0 Å². The number of carbonyl (C=O) groups is 1. The largest absolute Gasteiger partial charge is 0.326 e. The van der Waals surface area contributed by atoms with E-state index in [-0.39, 0.29) is 10.8 Å². The van der Waals surface area contributed by atoms with Crippen molar-refractivity contribution in [1.29, 1.82) is 0 Å². The normalized spacial score (nSPS) is 11.0. The molecule has 0 aliphatic heterocycles. The molecule has 2 N–H and O–H groups in total. The molecule has 0 saturated heterocycles. The van der Waals surface area contributed by atoms with E-state index >= 15 is 0 Å². The summed E-state index contributed by atoms with van der Waals surface area (Å²) in [6, 6.07) is 13.1. The van der Waals surface area contributed by atoms with E-state index in [4.69, 9.17) is 0 Å². The molecule has 7 heteroatoms. The van der Waals surface area contributed by atoms with Crippen LogP contribution < -0.4 is 10.0 Å². The molecular formula is C14H13IN2O3S. The van der Waals surface area contributed by atoms with Crippen LogP contribution in [-0.4, -0.2) is 14.3 Å². The molecule has 0 spiro atoms. The monoisotopic (exact) mass is 416 g/mol. The molecule has 0 aromatic heterocycles. The van der Waals surface area contributed by atoms with Gasteiger partial charge in [0.25, 0.3) is 10.0 Å². The number of rotatable bonds is 4. The van der Waals surface area contributed by atoms with Crippen LogP contribution in [0.3, 0.4) is 0 Å². The van der Waals surface area contributed by atoms with Gasteiger partial charge in [-0.3, -0.25) is 9.52 Å². The minimum atomic E-state index is -3.64. The van der Waals surface area contributed by atoms with Crippen molar-refractivity contribution in [3.63, 3.8) is 0 Å². The molecule has 0 aliphatic rings. The fourth-order valence-corrected chi connectivity index (χ4v) is 3.10. The van der Waals surface area contributed by atoms with Gasteiger partial charge in [0.1, 0.15) is 0 Å². The van der Waals surface area contributed by atoms with Crippen LogP contribution >= 0.6 is 22.6 Å². The highest BCUT2D eigenvalue weighted by atomic mass is 127. The van der Waals surface area contributed by atoms with E-state index in [1.807, 2.05) is 0 Å². The van der Waals surface area contributed by atoms with Gasteiger partial charge in [-0.05, 0) is 65.1 Å². The highest BCUT2D eigenvalue weighted by Crippen LogP contribution is 2.20. The molecule has 0 bridgehead atoms. The molecule has 21 heavy (non-hydrogen) atoms. The zero-order valence-electron chi connectivity index (χ0n) is 11.1. The van der Waals surface area contributed by atoms with Crippen molar-refractivity contribution in [3.05, 3.63) is 52.1 Å². The molecule has 0 saturated carbocycles. The lowest BCUT2D eigenvalue weighted by Crippen LogP contribution is -2.13. The second-order valence-electron chi connectivity index (χ2n) is 4.32. The number of sulfonamides is 1. The van der Waals surface area contributed by atoms with E-state index in [1.54, 1.807) is 48.5 Å². The second kappa shape index (κ2) is 6.44. The van der Waals surface area contributed by atoms with Crippen LogP contribution in [0.5, 0.6) is 0 Å². The minimum Gasteiger partial charge on any atom is -0.326 e. The third kappa shape index (κ3) is 4.43. The van der Waals surface area contributed by atoms with Gasteiger partial charge in [-0.15, -0.1) is 0 Å². The predicted octanol–water partition coefficient (Wildman–Crippen LogP) is 3.05. The summed E-state index contributed by atoms with van der Waals surface area (Å²) in [6.07, 6.45) is 0. The van der Waals surface area contributed by atoms with Crippen molar-refractivity contribution in [2.45, 2.75) is 11.8 Å². The van der Waals surface area contributed by atoms with Crippen molar-refractivity contribution in [2.75, 3.05) is 10.0 Å². The Morgan fingerprint density at radius 1 is 1.05 bits per heavy atom. The number of anilines is 2. The van der Waals surface area contributed by atoms with Crippen molar-refractivity contribution in [3.8, 4) is 0 Å². The molecule has 0 radical (unpaired) electrons. The quantitative estimate of drug-likeness (QED) is 0.753. The molecule has 2 rings (SSSR count). The van der Waals surface area contributed by atoms with Crippen LogP contribution in [-0.2, 0) is 14.8 Å². The Balaban J connectivity index is 2.24. The average Bonchev–Trinajstić information content (AvgIpc) is 2.38. The zero-order chi connectivity index (χ0) is 15.5. The number of hydrogen-bond acceptors (Lipinski definition) is 3. The van der Waals surface area contributed by atoms with Crippen molar-refractivity contribution in [2.24, 2.45) is 0 Å². The maximum atomic E-state index is 12.2. The van der Waals surface area contributed by atoms with E-state index in [1.165, 1.54) is 6.92 Å². The molecule has 2 aromatic carbocycles. The van der Waals surface area contributed by atoms with Crippen LogP contribution in [0.1, 0.15) is 6.92 Å². The Bertz CT molecular complexity index is 758. The van der Waals surface area contributed by atoms with Gasteiger partial charge in [0, 0.05) is 16.2 Å². The van der Waals surface area contributed by atoms with Gasteiger partial charge in [-0.2, -0.15) is 0 Å².